The molecule has 1 fully saturated rings. The molecular formula is C15H22N2O3. The predicted octanol–water partition coefficient (Wildman–Crippen LogP) is 1.16. The first-order valence-electron chi connectivity index (χ1n) is 6.93. The van der Waals surface area contributed by atoms with Crippen molar-refractivity contribution in [3.8, 4) is 5.75 Å². The number of carbonyl (C=O) groups is 1. The highest BCUT2D eigenvalue weighted by atomic mass is 16.5. The maximum Gasteiger partial charge on any atom is 0.260 e. The molecular weight excluding hydrogens is 256 g/mol. The molecule has 20 heavy (non-hydrogen) atoms. The Bertz CT molecular complexity index is 464. The van der Waals surface area contributed by atoms with Gasteiger partial charge in [0.2, 0.25) is 0 Å². The van der Waals surface area contributed by atoms with E-state index in [9.17, 15) is 4.79 Å². The lowest BCUT2D eigenvalue weighted by Crippen LogP contribution is -2.51. The van der Waals surface area contributed by atoms with Gasteiger partial charge in [0.1, 0.15) is 5.75 Å². The third-order valence-electron chi connectivity index (χ3n) is 3.47. The van der Waals surface area contributed by atoms with Crippen LogP contribution in [0.15, 0.2) is 24.3 Å². The number of carbonyl (C=O) groups excluding carboxylic acids is 1. The molecule has 1 aliphatic rings. The van der Waals surface area contributed by atoms with Crippen molar-refractivity contribution in [3.05, 3.63) is 29.8 Å². The van der Waals surface area contributed by atoms with Gasteiger partial charge in [0.25, 0.3) is 5.91 Å². The number of ether oxygens (including phenoxy) is 2. The van der Waals surface area contributed by atoms with Gasteiger partial charge in [0, 0.05) is 18.7 Å². The Labute approximate surface area is 119 Å². The van der Waals surface area contributed by atoms with E-state index in [0.717, 1.165) is 5.56 Å². The Morgan fingerprint density at radius 2 is 2.20 bits per heavy atom. The summed E-state index contributed by atoms with van der Waals surface area (Å²) in [6, 6.07) is 7.60. The van der Waals surface area contributed by atoms with E-state index >= 15 is 0 Å². The van der Waals surface area contributed by atoms with Gasteiger partial charge in [-0.05, 0) is 19.9 Å². The van der Waals surface area contributed by atoms with Crippen LogP contribution in [-0.2, 0) is 16.1 Å². The van der Waals surface area contributed by atoms with E-state index in [1.165, 1.54) is 0 Å². The summed E-state index contributed by atoms with van der Waals surface area (Å²) in [6.07, 6.45) is 0.0754. The van der Waals surface area contributed by atoms with Crippen molar-refractivity contribution in [2.45, 2.75) is 32.5 Å². The molecule has 2 atom stereocenters. The Morgan fingerprint density at radius 3 is 2.95 bits per heavy atom. The van der Waals surface area contributed by atoms with Gasteiger partial charge in [0.15, 0.2) is 6.61 Å². The van der Waals surface area contributed by atoms with E-state index in [4.69, 9.17) is 15.2 Å². The molecule has 2 unspecified atom stereocenters. The van der Waals surface area contributed by atoms with Crippen molar-refractivity contribution in [3.63, 3.8) is 0 Å². The molecule has 1 heterocycles. The summed E-state index contributed by atoms with van der Waals surface area (Å²) in [4.78, 5) is 14.1. The second kappa shape index (κ2) is 6.72. The zero-order valence-electron chi connectivity index (χ0n) is 12.0. The molecule has 110 valence electrons. The SMILES string of the molecule is CC1CN(C(=O)COc2ccccc2CN)C(C)CO1. The largest absolute Gasteiger partial charge is 0.483 e. The number of rotatable bonds is 4. The maximum atomic E-state index is 12.2. The van der Waals surface area contributed by atoms with Gasteiger partial charge < -0.3 is 20.1 Å². The molecule has 1 aromatic rings. The van der Waals surface area contributed by atoms with E-state index in [-0.39, 0.29) is 24.7 Å². The summed E-state index contributed by atoms with van der Waals surface area (Å²) in [7, 11) is 0. The van der Waals surface area contributed by atoms with Crippen LogP contribution in [0, 0.1) is 0 Å². The number of hydrogen-bond acceptors (Lipinski definition) is 4. The van der Waals surface area contributed by atoms with Gasteiger partial charge in [-0.2, -0.15) is 0 Å². The number of morpholine rings is 1. The summed E-state index contributed by atoms with van der Waals surface area (Å²) in [5.41, 5.74) is 6.55. The Kier molecular flexibility index (Phi) is 4.98. The number of nitrogens with zero attached hydrogens (tertiary/aromatic N) is 1. The summed E-state index contributed by atoms with van der Waals surface area (Å²) >= 11 is 0. The number of para-hydroxylation sites is 1. The molecule has 0 saturated carbocycles. The summed E-state index contributed by atoms with van der Waals surface area (Å²) < 4.78 is 11.1. The first kappa shape index (κ1) is 14.8. The van der Waals surface area contributed by atoms with Crippen molar-refractivity contribution < 1.29 is 14.3 Å². The minimum absolute atomic E-state index is 0.0144. The van der Waals surface area contributed by atoms with Crippen molar-refractivity contribution in [2.75, 3.05) is 19.8 Å². The maximum absolute atomic E-state index is 12.2. The molecule has 0 spiro atoms. The lowest BCUT2D eigenvalue weighted by molar-refractivity contribution is -0.145. The van der Waals surface area contributed by atoms with Crippen LogP contribution < -0.4 is 10.5 Å². The Hall–Kier alpha value is -1.59. The molecule has 1 amide bonds. The van der Waals surface area contributed by atoms with Crippen molar-refractivity contribution >= 4 is 5.91 Å². The van der Waals surface area contributed by atoms with Crippen LogP contribution in [0.4, 0.5) is 0 Å². The molecule has 1 saturated heterocycles. The third-order valence-corrected chi connectivity index (χ3v) is 3.47. The van der Waals surface area contributed by atoms with Crippen LogP contribution in [0.2, 0.25) is 0 Å². The van der Waals surface area contributed by atoms with Gasteiger partial charge in [-0.1, -0.05) is 18.2 Å². The number of nitrogens with two attached hydrogens (primary N) is 1. The quantitative estimate of drug-likeness (QED) is 0.897. The molecule has 2 rings (SSSR count). The normalized spacial score (nSPS) is 22.6. The van der Waals surface area contributed by atoms with Crippen molar-refractivity contribution in [1.29, 1.82) is 0 Å². The van der Waals surface area contributed by atoms with Gasteiger partial charge in [-0.3, -0.25) is 4.79 Å². The molecule has 0 bridgehead atoms. The first-order chi connectivity index (χ1) is 9.61. The molecule has 5 nitrogen and oxygen atoms in total. The van der Waals surface area contributed by atoms with E-state index in [2.05, 4.69) is 0 Å². The molecule has 0 radical (unpaired) electrons. The number of hydrogen-bond donors (Lipinski definition) is 1. The second-order valence-corrected chi connectivity index (χ2v) is 5.14. The summed E-state index contributed by atoms with van der Waals surface area (Å²) in [5, 5.41) is 0. The van der Waals surface area contributed by atoms with Crippen LogP contribution in [-0.4, -0.2) is 42.7 Å². The van der Waals surface area contributed by atoms with Crippen LogP contribution in [0.3, 0.4) is 0 Å². The van der Waals surface area contributed by atoms with Crippen LogP contribution >= 0.6 is 0 Å². The molecule has 1 aliphatic heterocycles. The van der Waals surface area contributed by atoms with Crippen molar-refractivity contribution in [1.82, 2.24) is 4.90 Å². The topological polar surface area (TPSA) is 64.8 Å². The third kappa shape index (κ3) is 3.49. The number of amides is 1. The van der Waals surface area contributed by atoms with Gasteiger partial charge >= 0.3 is 0 Å². The second-order valence-electron chi connectivity index (χ2n) is 5.14. The molecule has 5 heteroatoms. The fraction of sp³-hybridized carbons (Fsp3) is 0.533. The van der Waals surface area contributed by atoms with E-state index in [1.807, 2.05) is 43.0 Å². The minimum atomic E-state index is -0.0144. The van der Waals surface area contributed by atoms with Gasteiger partial charge in [0.05, 0.1) is 18.8 Å². The first-order valence-corrected chi connectivity index (χ1v) is 6.93. The highest BCUT2D eigenvalue weighted by molar-refractivity contribution is 5.78. The minimum Gasteiger partial charge on any atom is -0.483 e. The van der Waals surface area contributed by atoms with Crippen LogP contribution in [0.5, 0.6) is 5.75 Å². The van der Waals surface area contributed by atoms with Gasteiger partial charge in [-0.25, -0.2) is 0 Å². The van der Waals surface area contributed by atoms with Gasteiger partial charge in [-0.15, -0.1) is 0 Å². The van der Waals surface area contributed by atoms with E-state index in [1.54, 1.807) is 0 Å². The van der Waals surface area contributed by atoms with Crippen molar-refractivity contribution in [2.24, 2.45) is 5.73 Å². The lowest BCUT2D eigenvalue weighted by atomic mass is 10.2. The standard InChI is InChI=1S/C15H22N2O3/c1-11-9-19-12(2)8-17(11)15(18)10-20-14-6-4-3-5-13(14)7-16/h3-6,11-12H,7-10,16H2,1-2H3. The van der Waals surface area contributed by atoms with E-state index in [0.29, 0.717) is 25.4 Å². The molecule has 1 aromatic carbocycles. The molecule has 2 N–H and O–H groups in total. The zero-order valence-corrected chi connectivity index (χ0v) is 12.0. The van der Waals surface area contributed by atoms with Crippen LogP contribution in [0.25, 0.3) is 0 Å². The fourth-order valence-corrected chi connectivity index (χ4v) is 2.29. The zero-order chi connectivity index (χ0) is 14.5. The Balaban J connectivity index is 1.94. The smallest absolute Gasteiger partial charge is 0.260 e. The average molecular weight is 278 g/mol. The number of benzene rings is 1. The van der Waals surface area contributed by atoms with E-state index < -0.39 is 0 Å². The monoisotopic (exact) mass is 278 g/mol. The van der Waals surface area contributed by atoms with Crippen LogP contribution in [0.1, 0.15) is 19.4 Å². The fourth-order valence-electron chi connectivity index (χ4n) is 2.29. The average Bonchev–Trinajstić information content (AvgIpc) is 2.47. The molecule has 0 aliphatic carbocycles. The summed E-state index contributed by atoms with van der Waals surface area (Å²) in [5.74, 6) is 0.664. The highest BCUT2D eigenvalue weighted by Crippen LogP contribution is 2.18. The summed E-state index contributed by atoms with van der Waals surface area (Å²) in [6.45, 7) is 5.58. The Morgan fingerprint density at radius 1 is 1.45 bits per heavy atom. The lowest BCUT2D eigenvalue weighted by Gasteiger charge is -2.36. The predicted molar refractivity (Wildman–Crippen MR) is 76.4 cm³/mol. The highest BCUT2D eigenvalue weighted by Gasteiger charge is 2.27. The molecule has 0 aromatic heterocycles.